The van der Waals surface area contributed by atoms with E-state index in [4.69, 9.17) is 0 Å². The van der Waals surface area contributed by atoms with Crippen molar-refractivity contribution in [2.24, 2.45) is 0 Å². The van der Waals surface area contributed by atoms with Crippen LogP contribution in [0.5, 0.6) is 0 Å². The molecule has 0 aliphatic heterocycles. The minimum atomic E-state index is -5.37. The van der Waals surface area contributed by atoms with Gasteiger partial charge in [-0.1, -0.05) is 15.9 Å². The van der Waals surface area contributed by atoms with Crippen LogP contribution in [0, 0.1) is 0 Å². The Hall–Kier alpha value is 0.0200. The summed E-state index contributed by atoms with van der Waals surface area (Å²) in [5.74, 6) is 0. The van der Waals surface area contributed by atoms with Crippen LogP contribution < -0.4 is 0 Å². The summed E-state index contributed by atoms with van der Waals surface area (Å²) in [6.45, 7) is -1.15. The number of alkyl halides is 7. The highest BCUT2D eigenvalue weighted by atomic mass is 79.9. The standard InChI is InChI=1S/C4H4BrF6N/c5-1-2-12(3(6,7)8)4(9,10)11/h1-2H2. The lowest BCUT2D eigenvalue weighted by molar-refractivity contribution is -0.371. The number of halogens is 7. The van der Waals surface area contributed by atoms with Gasteiger partial charge in [0.25, 0.3) is 0 Å². The molecular formula is C4H4BrF6N. The van der Waals surface area contributed by atoms with Crippen LogP contribution >= 0.6 is 15.9 Å². The predicted molar refractivity (Wildman–Crippen MR) is 32.6 cm³/mol. The number of hydrogen-bond donors (Lipinski definition) is 0. The second-order valence-electron chi connectivity index (χ2n) is 1.78. The minimum Gasteiger partial charge on any atom is -0.155 e. The average Bonchev–Trinajstić information content (AvgIpc) is 1.77. The Balaban J connectivity index is 4.45. The summed E-state index contributed by atoms with van der Waals surface area (Å²) in [4.78, 5) is -1.49. The van der Waals surface area contributed by atoms with Crippen molar-refractivity contribution in [3.8, 4) is 0 Å². The first-order chi connectivity index (χ1) is 5.19. The van der Waals surface area contributed by atoms with Crippen molar-refractivity contribution in [3.05, 3.63) is 0 Å². The lowest BCUT2D eigenvalue weighted by Crippen LogP contribution is -2.48. The highest BCUT2D eigenvalue weighted by molar-refractivity contribution is 9.09. The van der Waals surface area contributed by atoms with E-state index < -0.39 is 29.4 Å². The third-order valence-electron chi connectivity index (χ3n) is 0.920. The van der Waals surface area contributed by atoms with Crippen LogP contribution in [-0.4, -0.2) is 29.4 Å². The van der Waals surface area contributed by atoms with Crippen LogP contribution in [-0.2, 0) is 0 Å². The normalized spacial score (nSPS) is 14.0. The van der Waals surface area contributed by atoms with Gasteiger partial charge in [-0.2, -0.15) is 26.3 Å². The van der Waals surface area contributed by atoms with Crippen molar-refractivity contribution >= 4 is 15.9 Å². The summed E-state index contributed by atoms with van der Waals surface area (Å²) < 4.78 is 69.5. The maximum atomic E-state index is 11.6. The van der Waals surface area contributed by atoms with Crippen molar-refractivity contribution in [1.82, 2.24) is 4.90 Å². The van der Waals surface area contributed by atoms with Gasteiger partial charge in [0.1, 0.15) is 0 Å². The quantitative estimate of drug-likeness (QED) is 0.419. The molecule has 0 heterocycles. The van der Waals surface area contributed by atoms with Gasteiger partial charge in [-0.25, -0.2) is 0 Å². The topological polar surface area (TPSA) is 3.24 Å². The van der Waals surface area contributed by atoms with E-state index in [-0.39, 0.29) is 0 Å². The second kappa shape index (κ2) is 3.82. The van der Waals surface area contributed by atoms with Crippen molar-refractivity contribution < 1.29 is 26.3 Å². The molecule has 0 saturated heterocycles. The van der Waals surface area contributed by atoms with Crippen LogP contribution in [0.4, 0.5) is 26.3 Å². The summed E-state index contributed by atoms with van der Waals surface area (Å²) in [5, 5.41) is -0.397. The first kappa shape index (κ1) is 12.0. The molecule has 0 aliphatic rings. The summed E-state index contributed by atoms with van der Waals surface area (Å²) in [6, 6.07) is 0. The predicted octanol–water partition coefficient (Wildman–Crippen LogP) is 2.72. The van der Waals surface area contributed by atoms with Gasteiger partial charge < -0.3 is 0 Å². The van der Waals surface area contributed by atoms with Gasteiger partial charge in [-0.05, 0) is 0 Å². The Morgan fingerprint density at radius 1 is 0.917 bits per heavy atom. The molecule has 0 aromatic carbocycles. The molecule has 0 spiro atoms. The Bertz CT molecular complexity index is 125. The van der Waals surface area contributed by atoms with E-state index in [1.807, 2.05) is 0 Å². The third kappa shape index (κ3) is 3.61. The molecule has 0 rings (SSSR count). The van der Waals surface area contributed by atoms with Crippen LogP contribution in [0.3, 0.4) is 0 Å². The van der Waals surface area contributed by atoms with Crippen molar-refractivity contribution in [1.29, 1.82) is 0 Å². The lowest BCUT2D eigenvalue weighted by Gasteiger charge is -2.25. The lowest BCUT2D eigenvalue weighted by atomic mass is 10.6. The van der Waals surface area contributed by atoms with E-state index in [0.29, 0.717) is 0 Å². The zero-order chi connectivity index (χ0) is 9.99. The molecular weight excluding hydrogens is 256 g/mol. The second-order valence-corrected chi connectivity index (χ2v) is 2.57. The fraction of sp³-hybridized carbons (Fsp3) is 1.00. The summed E-state index contributed by atoms with van der Waals surface area (Å²) >= 11 is 2.49. The minimum absolute atomic E-state index is 0.397. The Kier molecular flexibility index (Phi) is 3.83. The van der Waals surface area contributed by atoms with E-state index in [1.165, 1.54) is 0 Å². The first-order valence-electron chi connectivity index (χ1n) is 2.66. The van der Waals surface area contributed by atoms with Gasteiger partial charge in [0.05, 0.1) is 0 Å². The first-order valence-corrected chi connectivity index (χ1v) is 3.79. The van der Waals surface area contributed by atoms with E-state index >= 15 is 0 Å². The molecule has 0 atom stereocenters. The highest BCUT2D eigenvalue weighted by Crippen LogP contribution is 2.32. The molecule has 0 aromatic heterocycles. The number of hydrogen-bond acceptors (Lipinski definition) is 1. The largest absolute Gasteiger partial charge is 0.467 e. The molecule has 0 unspecified atom stereocenters. The molecule has 0 radical (unpaired) electrons. The monoisotopic (exact) mass is 259 g/mol. The molecule has 0 bridgehead atoms. The molecule has 12 heavy (non-hydrogen) atoms. The molecule has 0 N–H and O–H groups in total. The van der Waals surface area contributed by atoms with Gasteiger partial charge >= 0.3 is 12.6 Å². The van der Waals surface area contributed by atoms with Gasteiger partial charge in [0, 0.05) is 11.9 Å². The van der Waals surface area contributed by atoms with Crippen molar-refractivity contribution in [2.45, 2.75) is 12.6 Å². The van der Waals surface area contributed by atoms with Gasteiger partial charge in [0.2, 0.25) is 0 Å². The molecule has 74 valence electrons. The Morgan fingerprint density at radius 2 is 1.25 bits per heavy atom. The molecule has 0 aliphatic carbocycles. The van der Waals surface area contributed by atoms with Crippen molar-refractivity contribution in [3.63, 3.8) is 0 Å². The zero-order valence-corrected chi connectivity index (χ0v) is 7.09. The van der Waals surface area contributed by atoms with E-state index in [0.717, 1.165) is 0 Å². The molecule has 0 amide bonds. The SMILES string of the molecule is FC(F)(F)N(CCBr)C(F)(F)F. The van der Waals surface area contributed by atoms with Gasteiger partial charge in [-0.15, -0.1) is 4.90 Å². The van der Waals surface area contributed by atoms with Crippen LogP contribution in [0.15, 0.2) is 0 Å². The van der Waals surface area contributed by atoms with Gasteiger partial charge in [-0.3, -0.25) is 0 Å². The van der Waals surface area contributed by atoms with E-state index in [9.17, 15) is 26.3 Å². The van der Waals surface area contributed by atoms with Crippen LogP contribution in [0.1, 0.15) is 0 Å². The summed E-state index contributed by atoms with van der Waals surface area (Å²) in [7, 11) is 0. The fourth-order valence-electron chi connectivity index (χ4n) is 0.482. The fourth-order valence-corrected chi connectivity index (χ4v) is 0.836. The van der Waals surface area contributed by atoms with E-state index in [1.54, 1.807) is 0 Å². The maximum absolute atomic E-state index is 11.6. The van der Waals surface area contributed by atoms with E-state index in [2.05, 4.69) is 15.9 Å². The highest BCUT2D eigenvalue weighted by Gasteiger charge is 2.53. The molecule has 0 fully saturated rings. The zero-order valence-electron chi connectivity index (χ0n) is 5.51. The Labute approximate surface area is 72.5 Å². The Morgan fingerprint density at radius 3 is 1.33 bits per heavy atom. The van der Waals surface area contributed by atoms with Crippen LogP contribution in [0.2, 0.25) is 0 Å². The summed E-state index contributed by atoms with van der Waals surface area (Å²) in [6.07, 6.45) is -10.7. The average molecular weight is 260 g/mol. The number of nitrogens with zero attached hydrogens (tertiary/aromatic N) is 1. The molecule has 8 heteroatoms. The third-order valence-corrected chi connectivity index (χ3v) is 1.27. The maximum Gasteiger partial charge on any atom is 0.467 e. The van der Waals surface area contributed by atoms with Gasteiger partial charge in [0.15, 0.2) is 0 Å². The molecule has 0 aromatic rings. The van der Waals surface area contributed by atoms with Crippen LogP contribution in [0.25, 0.3) is 0 Å². The van der Waals surface area contributed by atoms with Crippen molar-refractivity contribution in [2.75, 3.05) is 11.9 Å². The molecule has 1 nitrogen and oxygen atoms in total. The number of rotatable bonds is 2. The smallest absolute Gasteiger partial charge is 0.155 e. The molecule has 0 saturated carbocycles. The summed E-state index contributed by atoms with van der Waals surface area (Å²) in [5.41, 5.74) is 0.